The van der Waals surface area contributed by atoms with Crippen molar-refractivity contribution in [2.24, 2.45) is 0 Å². The lowest BCUT2D eigenvalue weighted by molar-refractivity contribution is 0.108. The molecule has 2 aliphatic heterocycles. The van der Waals surface area contributed by atoms with Crippen molar-refractivity contribution in [1.82, 2.24) is 19.9 Å². The predicted molar refractivity (Wildman–Crippen MR) is 153 cm³/mol. The van der Waals surface area contributed by atoms with Crippen LogP contribution in [-0.4, -0.2) is 86.8 Å². The number of halogens is 3. The summed E-state index contributed by atoms with van der Waals surface area (Å²) in [6, 6.07) is 5.11. The number of aromatic nitrogens is 3. The van der Waals surface area contributed by atoms with Crippen LogP contribution in [0.15, 0.2) is 24.3 Å². The highest BCUT2D eigenvalue weighted by Crippen LogP contribution is 2.43. The molecule has 0 bridgehead atoms. The van der Waals surface area contributed by atoms with Crippen molar-refractivity contribution in [2.45, 2.75) is 31.2 Å². The second-order valence-electron chi connectivity index (χ2n) is 10.5. The van der Waals surface area contributed by atoms with E-state index < -0.39 is 11.6 Å². The van der Waals surface area contributed by atoms with Gasteiger partial charge in [-0.15, -0.1) is 0 Å². The molecule has 4 N–H and O–H groups in total. The number of nitrogens with zero attached hydrogens (tertiary/aromatic N) is 4. The van der Waals surface area contributed by atoms with Gasteiger partial charge in [-0.05, 0) is 62.4 Å². The van der Waals surface area contributed by atoms with Gasteiger partial charge < -0.3 is 30.1 Å². The van der Waals surface area contributed by atoms with E-state index in [0.29, 0.717) is 12.0 Å². The van der Waals surface area contributed by atoms with Crippen LogP contribution in [0.4, 0.5) is 14.6 Å². The van der Waals surface area contributed by atoms with Gasteiger partial charge in [-0.25, -0.2) is 13.8 Å². The van der Waals surface area contributed by atoms with E-state index in [1.165, 1.54) is 18.2 Å². The molecule has 222 valence electrons. The average molecular weight is 602 g/mol. The number of anilines is 1. The van der Waals surface area contributed by atoms with Crippen LogP contribution in [0.2, 0.25) is 5.02 Å². The quantitative estimate of drug-likeness (QED) is 0.209. The molecule has 0 aliphatic carbocycles. The Hall–Kier alpha value is -3.58. The zero-order chi connectivity index (χ0) is 29.4. The zero-order valence-corrected chi connectivity index (χ0v) is 23.4. The lowest BCUT2D eigenvalue weighted by Gasteiger charge is -2.31. The van der Waals surface area contributed by atoms with Gasteiger partial charge in [-0.3, -0.25) is 4.90 Å². The van der Waals surface area contributed by atoms with Gasteiger partial charge in [-0.1, -0.05) is 17.7 Å². The van der Waals surface area contributed by atoms with Gasteiger partial charge in [0.25, 0.3) is 0 Å². The number of phenolic OH excluding ortho intramolecular Hbond substituents is 1. The molecule has 0 radical (unpaired) electrons. The first-order chi connectivity index (χ1) is 20.3. The highest BCUT2D eigenvalue weighted by molar-refractivity contribution is 6.37. The summed E-state index contributed by atoms with van der Waals surface area (Å²) in [7, 11) is 0. The fourth-order valence-corrected chi connectivity index (χ4v) is 6.41. The molecule has 2 aromatic heterocycles. The van der Waals surface area contributed by atoms with Crippen molar-refractivity contribution < 1.29 is 33.6 Å². The lowest BCUT2D eigenvalue weighted by atomic mass is 9.95. The molecule has 0 amide bonds. The smallest absolute Gasteiger partial charge is 0.319 e. The monoisotopic (exact) mass is 601 g/mol. The normalized spacial score (nSPS) is 16.3. The van der Waals surface area contributed by atoms with Crippen LogP contribution in [0.25, 0.3) is 32.9 Å². The van der Waals surface area contributed by atoms with Gasteiger partial charge in [0.1, 0.15) is 47.2 Å². The average Bonchev–Trinajstić information content (AvgIpc) is 3.57. The van der Waals surface area contributed by atoms with Gasteiger partial charge in [0.2, 0.25) is 5.88 Å². The van der Waals surface area contributed by atoms with E-state index in [4.69, 9.17) is 21.1 Å². The number of pyridine rings is 1. The van der Waals surface area contributed by atoms with Crippen molar-refractivity contribution in [3.05, 3.63) is 40.9 Å². The van der Waals surface area contributed by atoms with Gasteiger partial charge in [0.15, 0.2) is 5.82 Å². The molecule has 42 heavy (non-hydrogen) atoms. The SMILES string of the molecule is OCCNc1nc(OCC23CCCN2CCC3)nc2c(F)c(-c3cc(O)cc4ccc(F)c(Cl)c34)nc(OCCO)c12. The number of nitrogens with one attached hydrogen (secondary N) is 1. The van der Waals surface area contributed by atoms with E-state index in [1.54, 1.807) is 0 Å². The minimum atomic E-state index is -0.908. The summed E-state index contributed by atoms with van der Waals surface area (Å²) in [5.74, 6) is -1.85. The first-order valence-electron chi connectivity index (χ1n) is 13.8. The van der Waals surface area contributed by atoms with E-state index in [2.05, 4.69) is 25.2 Å². The molecule has 10 nitrogen and oxygen atoms in total. The molecule has 0 spiro atoms. The Morgan fingerprint density at radius 1 is 1.00 bits per heavy atom. The number of benzene rings is 2. The molecule has 4 heterocycles. The van der Waals surface area contributed by atoms with Gasteiger partial charge >= 0.3 is 6.01 Å². The molecule has 0 saturated carbocycles. The number of aliphatic hydroxyl groups is 2. The number of ether oxygens (including phenoxy) is 2. The molecule has 2 aliphatic rings. The summed E-state index contributed by atoms with van der Waals surface area (Å²) in [4.78, 5) is 15.7. The standard InChI is InChI=1S/C29H30ClF2N5O5/c30-22-19(31)4-3-16-13-17(40)14-18(20(16)22)24-23(32)25-21(27(34-24)41-12-11-39)26(33-7-10-38)36-28(35-25)42-15-29-5-1-8-37(29)9-2-6-29/h3-4,13-14,38-40H,1-2,5-12,15H2,(H,33,35,36). The fraction of sp³-hybridized carbons (Fsp3) is 0.414. The maximum atomic E-state index is 16.6. The number of hydrogen-bond donors (Lipinski definition) is 4. The minimum Gasteiger partial charge on any atom is -0.508 e. The van der Waals surface area contributed by atoms with Crippen LogP contribution in [0.3, 0.4) is 0 Å². The summed E-state index contributed by atoms with van der Waals surface area (Å²) in [5, 5.41) is 32.7. The van der Waals surface area contributed by atoms with Crippen LogP contribution >= 0.6 is 11.6 Å². The van der Waals surface area contributed by atoms with Crippen molar-refractivity contribution >= 4 is 39.1 Å². The molecule has 2 saturated heterocycles. The summed E-state index contributed by atoms with van der Waals surface area (Å²) in [6.45, 7) is 1.64. The first-order valence-corrected chi connectivity index (χ1v) is 14.2. The molecule has 4 aromatic rings. The lowest BCUT2D eigenvalue weighted by Crippen LogP contribution is -2.43. The van der Waals surface area contributed by atoms with Crippen LogP contribution in [0, 0.1) is 11.6 Å². The Morgan fingerprint density at radius 3 is 2.52 bits per heavy atom. The van der Waals surface area contributed by atoms with Crippen molar-refractivity contribution in [3.63, 3.8) is 0 Å². The molecule has 6 rings (SSSR count). The molecule has 13 heteroatoms. The van der Waals surface area contributed by atoms with Crippen LogP contribution in [0.5, 0.6) is 17.6 Å². The summed E-state index contributed by atoms with van der Waals surface area (Å²) in [5.41, 5.74) is -0.622. The van der Waals surface area contributed by atoms with Crippen molar-refractivity contribution in [2.75, 3.05) is 51.4 Å². The van der Waals surface area contributed by atoms with Gasteiger partial charge in [0, 0.05) is 17.5 Å². The molecule has 2 aromatic carbocycles. The third kappa shape index (κ3) is 5.02. The molecule has 0 atom stereocenters. The Bertz CT molecular complexity index is 1650. The number of phenols is 1. The second kappa shape index (κ2) is 11.6. The number of aliphatic hydroxyl groups excluding tert-OH is 2. The van der Waals surface area contributed by atoms with Crippen LogP contribution in [0.1, 0.15) is 25.7 Å². The Labute approximate surface area is 244 Å². The van der Waals surface area contributed by atoms with Crippen molar-refractivity contribution in [3.8, 4) is 28.9 Å². The molecule has 2 fully saturated rings. The van der Waals surface area contributed by atoms with E-state index >= 15 is 4.39 Å². The molecule has 0 unspecified atom stereocenters. The Morgan fingerprint density at radius 2 is 1.79 bits per heavy atom. The summed E-state index contributed by atoms with van der Waals surface area (Å²) in [6.07, 6.45) is 4.11. The third-order valence-electron chi connectivity index (χ3n) is 7.99. The second-order valence-corrected chi connectivity index (χ2v) is 10.9. The highest BCUT2D eigenvalue weighted by Gasteiger charge is 2.45. The highest BCUT2D eigenvalue weighted by atomic mass is 35.5. The number of fused-ring (bicyclic) bond motifs is 3. The summed E-state index contributed by atoms with van der Waals surface area (Å²) < 4.78 is 42.9. The van der Waals surface area contributed by atoms with Gasteiger partial charge in [-0.2, -0.15) is 9.97 Å². The fourth-order valence-electron chi connectivity index (χ4n) is 6.14. The third-order valence-corrected chi connectivity index (χ3v) is 8.36. The Balaban J connectivity index is 1.55. The number of hydrogen-bond acceptors (Lipinski definition) is 10. The van der Waals surface area contributed by atoms with E-state index in [-0.39, 0.29) is 87.9 Å². The van der Waals surface area contributed by atoms with E-state index in [1.807, 2.05) is 0 Å². The maximum Gasteiger partial charge on any atom is 0.319 e. The van der Waals surface area contributed by atoms with Gasteiger partial charge in [0.05, 0.1) is 23.8 Å². The maximum absolute atomic E-state index is 16.6. The zero-order valence-electron chi connectivity index (χ0n) is 22.7. The first kappa shape index (κ1) is 28.5. The van der Waals surface area contributed by atoms with Crippen LogP contribution < -0.4 is 14.8 Å². The molecular formula is C29H30ClF2N5O5. The minimum absolute atomic E-state index is 0.0140. The van der Waals surface area contributed by atoms with E-state index in [9.17, 15) is 19.7 Å². The van der Waals surface area contributed by atoms with Crippen molar-refractivity contribution in [1.29, 1.82) is 0 Å². The number of aromatic hydroxyl groups is 1. The summed E-state index contributed by atoms with van der Waals surface area (Å²) >= 11 is 6.33. The topological polar surface area (TPSA) is 133 Å². The van der Waals surface area contributed by atoms with E-state index in [0.717, 1.165) is 44.8 Å². The largest absolute Gasteiger partial charge is 0.508 e. The van der Waals surface area contributed by atoms with Crippen LogP contribution in [-0.2, 0) is 0 Å². The number of rotatable bonds is 10. The molecular weight excluding hydrogens is 572 g/mol. The predicted octanol–water partition coefficient (Wildman–Crippen LogP) is 4.26. The Kier molecular flexibility index (Phi) is 7.88.